The summed E-state index contributed by atoms with van der Waals surface area (Å²) in [5.41, 5.74) is 5.43. The molecule has 0 bridgehead atoms. The molecule has 0 heterocycles. The van der Waals surface area contributed by atoms with E-state index in [0.717, 1.165) is 6.92 Å². The van der Waals surface area contributed by atoms with Gasteiger partial charge in [0.1, 0.15) is 5.75 Å². The van der Waals surface area contributed by atoms with Crippen LogP contribution in [0.4, 0.5) is 18.9 Å². The molecule has 1 aromatic carbocycles. The number of carbonyl (C=O) groups excluding carboxylic acids is 3. The van der Waals surface area contributed by atoms with E-state index in [-0.39, 0.29) is 0 Å². The highest BCUT2D eigenvalue weighted by molar-refractivity contribution is 5.99. The number of amides is 1. The zero-order valence-electron chi connectivity index (χ0n) is 17.1. The molecule has 1 aromatic rings. The molecule has 9 nitrogen and oxygen atoms in total. The molecule has 0 saturated carbocycles. The summed E-state index contributed by atoms with van der Waals surface area (Å²) >= 11 is 0. The van der Waals surface area contributed by atoms with Gasteiger partial charge < -0.3 is 19.6 Å². The number of hydrogen-bond acceptors (Lipinski definition) is 8. The Labute approximate surface area is 176 Å². The maximum Gasteiger partial charge on any atom is 0.491 e. The average molecular weight is 447 g/mol. The van der Waals surface area contributed by atoms with Crippen molar-refractivity contribution in [1.82, 2.24) is 5.48 Å². The molecule has 0 aliphatic rings. The summed E-state index contributed by atoms with van der Waals surface area (Å²) in [5.74, 6) is -3.94. The number of rotatable bonds is 10. The van der Waals surface area contributed by atoms with Crippen LogP contribution >= 0.6 is 0 Å². The van der Waals surface area contributed by atoms with Crippen molar-refractivity contribution in [2.75, 3.05) is 12.4 Å². The number of esters is 1. The highest BCUT2D eigenvalue weighted by Crippen LogP contribution is 2.20. The van der Waals surface area contributed by atoms with Crippen LogP contribution in [0.3, 0.4) is 0 Å². The molecule has 4 N–H and O–H groups in total. The highest BCUT2D eigenvalue weighted by atomic mass is 19.4. The molecule has 0 aliphatic heterocycles. The van der Waals surface area contributed by atoms with Gasteiger partial charge in [0.2, 0.25) is 5.91 Å². The second-order valence-electron chi connectivity index (χ2n) is 6.47. The fourth-order valence-corrected chi connectivity index (χ4v) is 2.09. The van der Waals surface area contributed by atoms with Gasteiger partial charge in [-0.2, -0.15) is 13.2 Å². The minimum Gasteiger partial charge on any atom is -0.497 e. The summed E-state index contributed by atoms with van der Waals surface area (Å²) in [4.78, 5) is 39.5. The number of benzene rings is 1. The lowest BCUT2D eigenvalue weighted by molar-refractivity contribution is -0.219. The fraction of sp³-hybridized carbons (Fsp3) is 0.421. The second-order valence-corrected chi connectivity index (χ2v) is 6.47. The molecule has 0 unspecified atom stereocenters. The average Bonchev–Trinajstić information content (AvgIpc) is 2.69. The fourth-order valence-electron chi connectivity index (χ4n) is 2.09. The SMILES string of the molecule is CCC[C@@H](/C=C/C(=O)Nc1ccc(OC)cc1)NOC(=O)[C@@](C)(N)OC(=O)C(F)(F)F. The van der Waals surface area contributed by atoms with Gasteiger partial charge in [-0.15, -0.1) is 5.48 Å². The molecule has 0 saturated heterocycles. The van der Waals surface area contributed by atoms with Gasteiger partial charge in [-0.3, -0.25) is 10.5 Å². The number of halogens is 3. The lowest BCUT2D eigenvalue weighted by atomic mass is 10.1. The number of hydrogen-bond donors (Lipinski definition) is 3. The van der Waals surface area contributed by atoms with Crippen molar-refractivity contribution in [1.29, 1.82) is 0 Å². The molecule has 172 valence electrons. The summed E-state index contributed by atoms with van der Waals surface area (Å²) in [6.07, 6.45) is -1.72. The Morgan fingerprint density at radius 1 is 1.16 bits per heavy atom. The Kier molecular flexibility index (Phi) is 9.46. The number of nitrogens with two attached hydrogens (primary N) is 1. The van der Waals surface area contributed by atoms with Gasteiger partial charge in [0.05, 0.1) is 13.2 Å². The molecular formula is C19H24F3N3O6. The van der Waals surface area contributed by atoms with Crippen LogP contribution in [-0.4, -0.2) is 42.9 Å². The number of carbonyl (C=O) groups is 3. The quantitative estimate of drug-likeness (QED) is 0.215. The predicted molar refractivity (Wildman–Crippen MR) is 103 cm³/mol. The molecule has 1 rings (SSSR count). The maximum absolute atomic E-state index is 12.3. The summed E-state index contributed by atoms with van der Waals surface area (Å²) in [6.45, 7) is 2.56. The second kappa shape index (κ2) is 11.3. The third-order valence-corrected chi connectivity index (χ3v) is 3.68. The number of hydroxylamine groups is 1. The van der Waals surface area contributed by atoms with Crippen molar-refractivity contribution < 1.29 is 41.9 Å². The van der Waals surface area contributed by atoms with E-state index in [9.17, 15) is 27.6 Å². The van der Waals surface area contributed by atoms with Crippen molar-refractivity contribution in [3.63, 3.8) is 0 Å². The molecule has 0 spiro atoms. The number of anilines is 1. The third-order valence-electron chi connectivity index (χ3n) is 3.68. The van der Waals surface area contributed by atoms with E-state index >= 15 is 0 Å². The molecule has 2 atom stereocenters. The third kappa shape index (κ3) is 9.05. The van der Waals surface area contributed by atoms with Crippen LogP contribution in [0.15, 0.2) is 36.4 Å². The van der Waals surface area contributed by atoms with Crippen molar-refractivity contribution in [3.8, 4) is 5.75 Å². The van der Waals surface area contributed by atoms with E-state index in [0.29, 0.717) is 24.3 Å². The molecule has 0 aliphatic carbocycles. The van der Waals surface area contributed by atoms with E-state index in [2.05, 4.69) is 20.4 Å². The van der Waals surface area contributed by atoms with Crippen LogP contribution in [0.5, 0.6) is 5.75 Å². The van der Waals surface area contributed by atoms with Crippen LogP contribution in [0.25, 0.3) is 0 Å². The van der Waals surface area contributed by atoms with E-state index < -0.39 is 35.8 Å². The minimum absolute atomic E-state index is 0.406. The first-order valence-corrected chi connectivity index (χ1v) is 9.08. The Morgan fingerprint density at radius 2 is 1.77 bits per heavy atom. The first kappa shape index (κ1) is 25.9. The number of ether oxygens (including phenoxy) is 2. The largest absolute Gasteiger partial charge is 0.497 e. The van der Waals surface area contributed by atoms with Gasteiger partial charge in [0.15, 0.2) is 0 Å². The number of nitrogens with one attached hydrogen (secondary N) is 2. The first-order valence-electron chi connectivity index (χ1n) is 9.08. The summed E-state index contributed by atoms with van der Waals surface area (Å²) in [5, 5.41) is 2.61. The standard InChI is InChI=1S/C19H24F3N3O6/c1-4-5-13(8-11-15(26)24-12-6-9-14(29-3)10-7-12)25-31-16(27)18(2,23)30-17(28)19(20,21)22/h6-11,13,25H,4-5,23H2,1-3H3,(H,24,26)/b11-8+/t13-,18-/m0/s1. The normalized spacial score (nSPS) is 14.4. The first-order chi connectivity index (χ1) is 14.4. The van der Waals surface area contributed by atoms with Crippen LogP contribution in [0, 0.1) is 0 Å². The van der Waals surface area contributed by atoms with E-state index in [1.165, 1.54) is 19.3 Å². The predicted octanol–water partition coefficient (Wildman–Crippen LogP) is 2.19. The smallest absolute Gasteiger partial charge is 0.491 e. The van der Waals surface area contributed by atoms with Gasteiger partial charge >= 0.3 is 18.1 Å². The van der Waals surface area contributed by atoms with Crippen molar-refractivity contribution in [2.24, 2.45) is 5.73 Å². The Morgan fingerprint density at radius 3 is 2.29 bits per heavy atom. The molecule has 0 aromatic heterocycles. The topological polar surface area (TPSA) is 129 Å². The molecule has 0 radical (unpaired) electrons. The minimum atomic E-state index is -5.32. The molecule has 31 heavy (non-hydrogen) atoms. The molecular weight excluding hydrogens is 423 g/mol. The van der Waals surface area contributed by atoms with E-state index in [1.54, 1.807) is 24.3 Å². The zero-order chi connectivity index (χ0) is 23.7. The maximum atomic E-state index is 12.3. The Bertz CT molecular complexity index is 794. The van der Waals surface area contributed by atoms with Crippen LogP contribution < -0.4 is 21.3 Å². The van der Waals surface area contributed by atoms with E-state index in [1.807, 2.05) is 6.92 Å². The summed E-state index contributed by atoms with van der Waals surface area (Å²) in [6, 6.07) is 5.94. The highest BCUT2D eigenvalue weighted by Gasteiger charge is 2.47. The molecule has 12 heteroatoms. The summed E-state index contributed by atoms with van der Waals surface area (Å²) < 4.78 is 45.8. The molecule has 1 amide bonds. The van der Waals surface area contributed by atoms with Crippen LogP contribution in [0.2, 0.25) is 0 Å². The van der Waals surface area contributed by atoms with Crippen molar-refractivity contribution in [2.45, 2.75) is 44.6 Å². The zero-order valence-corrected chi connectivity index (χ0v) is 17.1. The van der Waals surface area contributed by atoms with Gasteiger partial charge in [-0.05, 0) is 30.7 Å². The lowest BCUT2D eigenvalue weighted by Gasteiger charge is -2.24. The molecule has 0 fully saturated rings. The number of alkyl halides is 3. The number of methoxy groups -OCH3 is 1. The van der Waals surface area contributed by atoms with Crippen molar-refractivity contribution >= 4 is 23.5 Å². The van der Waals surface area contributed by atoms with Gasteiger partial charge in [0.25, 0.3) is 5.72 Å². The Hall–Kier alpha value is -3.12. The monoisotopic (exact) mass is 447 g/mol. The van der Waals surface area contributed by atoms with Gasteiger partial charge in [-0.25, -0.2) is 9.59 Å². The Balaban J connectivity index is 2.65. The van der Waals surface area contributed by atoms with Gasteiger partial charge in [0, 0.05) is 18.7 Å². The van der Waals surface area contributed by atoms with Crippen LogP contribution in [0.1, 0.15) is 26.7 Å². The summed E-state index contributed by atoms with van der Waals surface area (Å²) in [7, 11) is 1.51. The van der Waals surface area contributed by atoms with Crippen molar-refractivity contribution in [3.05, 3.63) is 36.4 Å². The lowest BCUT2D eigenvalue weighted by Crippen LogP contribution is -2.53. The van der Waals surface area contributed by atoms with Gasteiger partial charge in [-0.1, -0.05) is 19.4 Å². The van der Waals surface area contributed by atoms with Crippen LogP contribution in [-0.2, 0) is 24.0 Å². The van der Waals surface area contributed by atoms with E-state index in [4.69, 9.17) is 10.5 Å².